The highest BCUT2D eigenvalue weighted by Crippen LogP contribution is 2.42. The Morgan fingerprint density at radius 2 is 2.04 bits per heavy atom. The first kappa shape index (κ1) is 18.3. The van der Waals surface area contributed by atoms with Gasteiger partial charge in [0.05, 0.1) is 11.9 Å². The maximum Gasteiger partial charge on any atom is 0.405 e. The first-order valence-electron chi connectivity index (χ1n) is 8.46. The third-order valence-corrected chi connectivity index (χ3v) is 4.73. The zero-order valence-electron chi connectivity index (χ0n) is 14.3. The minimum Gasteiger partial charge on any atom is -0.347 e. The van der Waals surface area contributed by atoms with Crippen molar-refractivity contribution < 1.29 is 22.4 Å². The Balaban J connectivity index is 1.50. The maximum atomic E-state index is 14.2. The lowest BCUT2D eigenvalue weighted by molar-refractivity contribution is -0.142. The lowest BCUT2D eigenvalue weighted by atomic mass is 9.72. The summed E-state index contributed by atoms with van der Waals surface area (Å²) >= 11 is 0. The van der Waals surface area contributed by atoms with E-state index in [0.29, 0.717) is 16.6 Å². The van der Waals surface area contributed by atoms with Crippen LogP contribution in [0.4, 0.5) is 17.6 Å². The SMILES string of the molecule is O=C(NCC(F)(F)F)C1CC(c2nc(-c3c[nH]c4ncncc34)ncc2F)C1. The van der Waals surface area contributed by atoms with Gasteiger partial charge in [0.15, 0.2) is 11.6 Å². The fourth-order valence-electron chi connectivity index (χ4n) is 3.23. The van der Waals surface area contributed by atoms with Crippen molar-refractivity contribution in [3.05, 3.63) is 36.4 Å². The molecule has 11 heteroatoms. The summed E-state index contributed by atoms with van der Waals surface area (Å²) in [6, 6.07) is 0. The number of hydrogen-bond acceptors (Lipinski definition) is 5. The third kappa shape index (κ3) is 3.51. The van der Waals surface area contributed by atoms with Gasteiger partial charge in [0.25, 0.3) is 0 Å². The highest BCUT2D eigenvalue weighted by atomic mass is 19.4. The van der Waals surface area contributed by atoms with E-state index in [0.717, 1.165) is 6.20 Å². The molecule has 0 saturated heterocycles. The van der Waals surface area contributed by atoms with Gasteiger partial charge in [-0.2, -0.15) is 13.2 Å². The molecule has 4 rings (SSSR count). The number of aromatic nitrogens is 5. The van der Waals surface area contributed by atoms with Crippen molar-refractivity contribution in [3.8, 4) is 11.4 Å². The average molecular weight is 394 g/mol. The van der Waals surface area contributed by atoms with E-state index < -0.39 is 30.4 Å². The van der Waals surface area contributed by atoms with Crippen LogP contribution in [0, 0.1) is 11.7 Å². The number of H-pyrrole nitrogens is 1. The topological polar surface area (TPSA) is 96.5 Å². The molecular weight excluding hydrogens is 380 g/mol. The summed E-state index contributed by atoms with van der Waals surface area (Å²) in [4.78, 5) is 31.1. The van der Waals surface area contributed by atoms with E-state index in [1.807, 2.05) is 5.32 Å². The second-order valence-corrected chi connectivity index (χ2v) is 6.61. The Morgan fingerprint density at radius 3 is 2.79 bits per heavy atom. The van der Waals surface area contributed by atoms with Crippen LogP contribution in [0.15, 0.2) is 24.9 Å². The zero-order valence-corrected chi connectivity index (χ0v) is 14.3. The van der Waals surface area contributed by atoms with Crippen molar-refractivity contribution >= 4 is 16.9 Å². The van der Waals surface area contributed by atoms with E-state index in [2.05, 4.69) is 24.9 Å². The standard InChI is InChI=1S/C17H14F4N6O/c18-12-5-24-15(11-4-23-14-10(11)3-22-7-26-14)27-13(12)8-1-9(2-8)16(28)25-6-17(19,20)21/h3-5,7-9H,1-2,6H2,(H,25,28)(H,22,23,26). The van der Waals surface area contributed by atoms with Crippen LogP contribution < -0.4 is 5.32 Å². The summed E-state index contributed by atoms with van der Waals surface area (Å²) in [6.07, 6.45) is 1.67. The lowest BCUT2D eigenvalue weighted by Gasteiger charge is -2.34. The third-order valence-electron chi connectivity index (χ3n) is 4.73. The molecular formula is C17H14F4N6O. The number of nitrogens with zero attached hydrogens (tertiary/aromatic N) is 4. The Labute approximate surface area is 155 Å². The van der Waals surface area contributed by atoms with Gasteiger partial charge in [0.1, 0.15) is 18.5 Å². The van der Waals surface area contributed by atoms with E-state index in [4.69, 9.17) is 0 Å². The van der Waals surface area contributed by atoms with E-state index in [1.54, 1.807) is 12.4 Å². The normalized spacial score (nSPS) is 19.4. The molecule has 3 aromatic heterocycles. The highest BCUT2D eigenvalue weighted by Gasteiger charge is 2.39. The van der Waals surface area contributed by atoms with Gasteiger partial charge in [-0.25, -0.2) is 24.3 Å². The number of carbonyl (C=O) groups excluding carboxylic acids is 1. The van der Waals surface area contributed by atoms with E-state index in [9.17, 15) is 22.4 Å². The summed E-state index contributed by atoms with van der Waals surface area (Å²) < 4.78 is 50.8. The maximum absolute atomic E-state index is 14.2. The fraction of sp³-hybridized carbons (Fsp3) is 0.353. The van der Waals surface area contributed by atoms with Crippen molar-refractivity contribution in [1.29, 1.82) is 0 Å². The summed E-state index contributed by atoms with van der Waals surface area (Å²) in [5, 5.41) is 2.54. The Kier molecular flexibility index (Phi) is 4.44. The number of carbonyl (C=O) groups is 1. The van der Waals surface area contributed by atoms with Crippen LogP contribution in [0.2, 0.25) is 0 Å². The molecule has 3 aromatic rings. The fourth-order valence-corrected chi connectivity index (χ4v) is 3.23. The minimum atomic E-state index is -4.46. The second-order valence-electron chi connectivity index (χ2n) is 6.61. The van der Waals surface area contributed by atoms with Gasteiger partial charge in [-0.1, -0.05) is 0 Å². The van der Waals surface area contributed by atoms with Gasteiger partial charge in [-0.05, 0) is 12.8 Å². The summed E-state index contributed by atoms with van der Waals surface area (Å²) in [5.41, 5.74) is 1.34. The number of aromatic amines is 1. The Morgan fingerprint density at radius 1 is 1.25 bits per heavy atom. The van der Waals surface area contributed by atoms with Crippen molar-refractivity contribution in [1.82, 2.24) is 30.2 Å². The predicted molar refractivity (Wildman–Crippen MR) is 89.4 cm³/mol. The molecule has 1 fully saturated rings. The molecule has 0 aromatic carbocycles. The molecule has 3 heterocycles. The van der Waals surface area contributed by atoms with Gasteiger partial charge >= 0.3 is 6.18 Å². The van der Waals surface area contributed by atoms with Crippen molar-refractivity contribution in [3.63, 3.8) is 0 Å². The average Bonchev–Trinajstić information content (AvgIpc) is 3.04. The second kappa shape index (κ2) is 6.80. The molecule has 0 aliphatic heterocycles. The number of alkyl halides is 3. The van der Waals surface area contributed by atoms with Crippen molar-refractivity contribution in [2.24, 2.45) is 5.92 Å². The summed E-state index contributed by atoms with van der Waals surface area (Å²) in [6.45, 7) is -1.37. The number of halogens is 4. The molecule has 7 nitrogen and oxygen atoms in total. The van der Waals surface area contributed by atoms with Crippen LogP contribution in [0.5, 0.6) is 0 Å². The Hall–Kier alpha value is -3.11. The molecule has 1 aliphatic rings. The monoisotopic (exact) mass is 394 g/mol. The van der Waals surface area contributed by atoms with Crippen LogP contribution in [0.1, 0.15) is 24.5 Å². The number of hydrogen-bond donors (Lipinski definition) is 2. The van der Waals surface area contributed by atoms with Crippen LogP contribution in [-0.2, 0) is 4.79 Å². The van der Waals surface area contributed by atoms with E-state index in [1.165, 1.54) is 6.33 Å². The number of nitrogens with one attached hydrogen (secondary N) is 2. The molecule has 0 bridgehead atoms. The highest BCUT2D eigenvalue weighted by molar-refractivity contribution is 5.90. The van der Waals surface area contributed by atoms with E-state index in [-0.39, 0.29) is 30.3 Å². The van der Waals surface area contributed by atoms with Crippen LogP contribution >= 0.6 is 0 Å². The molecule has 2 N–H and O–H groups in total. The lowest BCUT2D eigenvalue weighted by Crippen LogP contribution is -2.42. The van der Waals surface area contributed by atoms with Crippen molar-refractivity contribution in [2.75, 3.05) is 6.54 Å². The molecule has 0 atom stereocenters. The molecule has 1 aliphatic carbocycles. The number of amides is 1. The number of fused-ring (bicyclic) bond motifs is 1. The minimum absolute atomic E-state index is 0.149. The molecule has 28 heavy (non-hydrogen) atoms. The first-order chi connectivity index (χ1) is 13.3. The molecule has 0 radical (unpaired) electrons. The van der Waals surface area contributed by atoms with Crippen LogP contribution in [0.3, 0.4) is 0 Å². The first-order valence-corrected chi connectivity index (χ1v) is 8.46. The molecule has 0 spiro atoms. The van der Waals surface area contributed by atoms with Gasteiger partial charge in [0.2, 0.25) is 5.91 Å². The molecule has 146 valence electrons. The summed E-state index contributed by atoms with van der Waals surface area (Å²) in [5.74, 6) is -1.96. The molecule has 1 saturated carbocycles. The molecule has 1 amide bonds. The quantitative estimate of drug-likeness (QED) is 0.664. The van der Waals surface area contributed by atoms with Crippen LogP contribution in [-0.4, -0.2) is 43.5 Å². The zero-order chi connectivity index (χ0) is 19.9. The smallest absolute Gasteiger partial charge is 0.347 e. The predicted octanol–water partition coefficient (Wildman–Crippen LogP) is 2.73. The van der Waals surface area contributed by atoms with Gasteiger partial charge in [-0.15, -0.1) is 0 Å². The Bertz CT molecular complexity index is 1030. The van der Waals surface area contributed by atoms with Gasteiger partial charge < -0.3 is 10.3 Å². The van der Waals surface area contributed by atoms with E-state index >= 15 is 0 Å². The molecule has 0 unspecified atom stereocenters. The van der Waals surface area contributed by atoms with Gasteiger partial charge in [0, 0.05) is 35.2 Å². The van der Waals surface area contributed by atoms with Crippen molar-refractivity contribution in [2.45, 2.75) is 24.9 Å². The number of rotatable bonds is 4. The van der Waals surface area contributed by atoms with Crippen LogP contribution in [0.25, 0.3) is 22.4 Å². The largest absolute Gasteiger partial charge is 0.405 e. The van der Waals surface area contributed by atoms with Gasteiger partial charge in [-0.3, -0.25) is 4.79 Å². The summed E-state index contributed by atoms with van der Waals surface area (Å²) in [7, 11) is 0.